The van der Waals surface area contributed by atoms with Crippen molar-refractivity contribution >= 4 is 17.8 Å². The molecule has 0 bridgehead atoms. The van der Waals surface area contributed by atoms with Gasteiger partial charge in [-0.2, -0.15) is 0 Å². The van der Waals surface area contributed by atoms with Crippen LogP contribution in [0.3, 0.4) is 0 Å². The Bertz CT molecular complexity index is 535. The van der Waals surface area contributed by atoms with E-state index in [1.54, 1.807) is 6.07 Å². The second-order valence-corrected chi connectivity index (χ2v) is 4.16. The molecular formula is C13H15FN2O5. The summed E-state index contributed by atoms with van der Waals surface area (Å²) >= 11 is 0. The largest absolute Gasteiger partial charge is 0.490 e. The maximum atomic E-state index is 13.2. The molecule has 2 amide bonds. The van der Waals surface area contributed by atoms with Crippen LogP contribution in [-0.2, 0) is 14.4 Å². The molecule has 0 saturated carbocycles. The van der Waals surface area contributed by atoms with Crippen molar-refractivity contribution < 1.29 is 28.6 Å². The fourth-order valence-electron chi connectivity index (χ4n) is 1.48. The second-order valence-electron chi connectivity index (χ2n) is 4.16. The number of para-hydroxylation sites is 1. The monoisotopic (exact) mass is 298 g/mol. The molecule has 0 aliphatic heterocycles. The summed E-state index contributed by atoms with van der Waals surface area (Å²) in [7, 11) is 0. The first-order chi connectivity index (χ1) is 9.90. The first-order valence-electron chi connectivity index (χ1n) is 6.08. The van der Waals surface area contributed by atoms with E-state index in [0.29, 0.717) is 0 Å². The first-order valence-corrected chi connectivity index (χ1v) is 6.08. The molecule has 7 nitrogen and oxygen atoms in total. The Hall–Kier alpha value is -2.64. The molecule has 0 aromatic heterocycles. The second kappa shape index (κ2) is 7.83. The van der Waals surface area contributed by atoms with Crippen molar-refractivity contribution in [3.8, 4) is 5.75 Å². The Morgan fingerprint density at radius 3 is 2.57 bits per heavy atom. The van der Waals surface area contributed by atoms with Crippen molar-refractivity contribution in [2.24, 2.45) is 5.73 Å². The zero-order valence-corrected chi connectivity index (χ0v) is 11.0. The average Bonchev–Trinajstić information content (AvgIpc) is 2.39. The Morgan fingerprint density at radius 2 is 2.00 bits per heavy atom. The third-order valence-electron chi connectivity index (χ3n) is 2.46. The van der Waals surface area contributed by atoms with E-state index in [4.69, 9.17) is 15.6 Å². The lowest BCUT2D eigenvalue weighted by Gasteiger charge is -2.13. The smallest absolute Gasteiger partial charge is 0.326 e. The quantitative estimate of drug-likeness (QED) is 0.626. The van der Waals surface area contributed by atoms with Crippen molar-refractivity contribution in [3.63, 3.8) is 0 Å². The van der Waals surface area contributed by atoms with Crippen LogP contribution >= 0.6 is 0 Å². The van der Waals surface area contributed by atoms with Gasteiger partial charge in [-0.15, -0.1) is 0 Å². The molecule has 21 heavy (non-hydrogen) atoms. The molecule has 0 unspecified atom stereocenters. The number of hydrogen-bond donors (Lipinski definition) is 3. The molecule has 0 aliphatic rings. The molecule has 4 N–H and O–H groups in total. The number of rotatable bonds is 8. The zero-order valence-electron chi connectivity index (χ0n) is 11.0. The van der Waals surface area contributed by atoms with Gasteiger partial charge in [0, 0.05) is 0 Å². The molecule has 114 valence electrons. The summed E-state index contributed by atoms with van der Waals surface area (Å²) in [6, 6.07) is 4.30. The van der Waals surface area contributed by atoms with Gasteiger partial charge >= 0.3 is 5.97 Å². The molecule has 1 atom stereocenters. The number of ether oxygens (including phenoxy) is 1. The predicted molar refractivity (Wildman–Crippen MR) is 69.9 cm³/mol. The molecule has 0 radical (unpaired) electrons. The number of carbonyl (C=O) groups is 3. The molecule has 1 aromatic carbocycles. The minimum Gasteiger partial charge on any atom is -0.490 e. The van der Waals surface area contributed by atoms with Gasteiger partial charge < -0.3 is 20.9 Å². The number of carboxylic acids is 1. The van der Waals surface area contributed by atoms with Crippen LogP contribution in [0.4, 0.5) is 4.39 Å². The molecule has 0 spiro atoms. The minimum absolute atomic E-state index is 0.00257. The van der Waals surface area contributed by atoms with Gasteiger partial charge in [0.15, 0.2) is 11.6 Å². The minimum atomic E-state index is -1.39. The summed E-state index contributed by atoms with van der Waals surface area (Å²) in [4.78, 5) is 33.0. The number of carbonyl (C=O) groups excluding carboxylic acids is 2. The van der Waals surface area contributed by atoms with Crippen molar-refractivity contribution in [3.05, 3.63) is 30.1 Å². The lowest BCUT2D eigenvalue weighted by atomic mass is 10.2. The molecule has 0 heterocycles. The maximum absolute atomic E-state index is 13.2. The fraction of sp³-hybridized carbons (Fsp3) is 0.308. The molecule has 1 aromatic rings. The van der Waals surface area contributed by atoms with Gasteiger partial charge in [0.25, 0.3) is 0 Å². The summed E-state index contributed by atoms with van der Waals surface area (Å²) in [5.41, 5.74) is 4.88. The van der Waals surface area contributed by atoms with E-state index in [1.807, 2.05) is 0 Å². The number of amides is 2. The Morgan fingerprint density at radius 1 is 1.33 bits per heavy atom. The highest BCUT2D eigenvalue weighted by Gasteiger charge is 2.21. The topological polar surface area (TPSA) is 119 Å². The lowest BCUT2D eigenvalue weighted by Crippen LogP contribution is -2.43. The third-order valence-corrected chi connectivity index (χ3v) is 2.46. The van der Waals surface area contributed by atoms with Crippen LogP contribution in [0, 0.1) is 5.82 Å². The van der Waals surface area contributed by atoms with Crippen molar-refractivity contribution in [1.29, 1.82) is 0 Å². The van der Waals surface area contributed by atoms with Crippen LogP contribution in [0.25, 0.3) is 0 Å². The summed E-state index contributed by atoms with van der Waals surface area (Å²) in [6.45, 7) is -0.129. The van der Waals surface area contributed by atoms with Crippen LogP contribution in [0.1, 0.15) is 12.8 Å². The van der Waals surface area contributed by atoms with Gasteiger partial charge in [-0.3, -0.25) is 9.59 Å². The Kier molecular flexibility index (Phi) is 6.12. The van der Waals surface area contributed by atoms with E-state index in [-0.39, 0.29) is 18.8 Å². The fourth-order valence-corrected chi connectivity index (χ4v) is 1.48. The molecule has 0 fully saturated rings. The SMILES string of the molecule is NC(=O)C[C@@H](NC(=O)CCOc1ccccc1F)C(=O)O. The number of hydrogen-bond acceptors (Lipinski definition) is 4. The molecule has 0 aliphatic carbocycles. The van der Waals surface area contributed by atoms with Gasteiger partial charge in [-0.05, 0) is 12.1 Å². The van der Waals surface area contributed by atoms with Crippen LogP contribution in [0.5, 0.6) is 5.75 Å². The molecule has 8 heteroatoms. The maximum Gasteiger partial charge on any atom is 0.326 e. The Balaban J connectivity index is 2.41. The van der Waals surface area contributed by atoms with Gasteiger partial charge in [0.2, 0.25) is 11.8 Å². The summed E-state index contributed by atoms with van der Waals surface area (Å²) in [6.07, 6.45) is -0.688. The highest BCUT2D eigenvalue weighted by atomic mass is 19.1. The van der Waals surface area contributed by atoms with Crippen LogP contribution in [-0.4, -0.2) is 35.5 Å². The average molecular weight is 298 g/mol. The number of aliphatic carboxylic acids is 1. The molecular weight excluding hydrogens is 283 g/mol. The van der Waals surface area contributed by atoms with Crippen LogP contribution in [0.2, 0.25) is 0 Å². The van der Waals surface area contributed by atoms with Crippen LogP contribution in [0.15, 0.2) is 24.3 Å². The van der Waals surface area contributed by atoms with Gasteiger partial charge in [0.1, 0.15) is 6.04 Å². The number of nitrogens with two attached hydrogens (primary N) is 1. The molecule has 0 saturated heterocycles. The van der Waals surface area contributed by atoms with Gasteiger partial charge in [-0.25, -0.2) is 9.18 Å². The highest BCUT2D eigenvalue weighted by molar-refractivity contribution is 5.88. The normalized spacial score (nSPS) is 11.5. The Labute approximate surface area is 119 Å². The van der Waals surface area contributed by atoms with E-state index in [2.05, 4.69) is 5.32 Å². The number of nitrogens with one attached hydrogen (secondary N) is 1. The number of halogens is 1. The van der Waals surface area contributed by atoms with Gasteiger partial charge in [-0.1, -0.05) is 12.1 Å². The summed E-state index contributed by atoms with van der Waals surface area (Å²) < 4.78 is 18.3. The molecule has 1 rings (SSSR count). The summed E-state index contributed by atoms with van der Waals surface area (Å²) in [5, 5.41) is 10.9. The van der Waals surface area contributed by atoms with Gasteiger partial charge in [0.05, 0.1) is 19.4 Å². The van der Waals surface area contributed by atoms with Crippen molar-refractivity contribution in [2.75, 3.05) is 6.61 Å². The van der Waals surface area contributed by atoms with Crippen LogP contribution < -0.4 is 15.8 Å². The number of benzene rings is 1. The number of primary amides is 1. The predicted octanol–water partition coefficient (Wildman–Crippen LogP) is 0.0394. The van der Waals surface area contributed by atoms with E-state index in [1.165, 1.54) is 18.2 Å². The first kappa shape index (κ1) is 16.4. The van der Waals surface area contributed by atoms with E-state index in [9.17, 15) is 18.8 Å². The van der Waals surface area contributed by atoms with E-state index in [0.717, 1.165) is 0 Å². The van der Waals surface area contributed by atoms with E-state index >= 15 is 0 Å². The standard InChI is InChI=1S/C13H15FN2O5/c14-8-3-1-2-4-10(8)21-6-5-12(18)16-9(13(19)20)7-11(15)17/h1-4,9H,5-7H2,(H2,15,17)(H,16,18)(H,19,20)/t9-/m1/s1. The zero-order chi connectivity index (χ0) is 15.8. The van der Waals surface area contributed by atoms with Crippen molar-refractivity contribution in [1.82, 2.24) is 5.32 Å². The summed E-state index contributed by atoms with van der Waals surface area (Å²) in [5.74, 6) is -3.41. The highest BCUT2D eigenvalue weighted by Crippen LogP contribution is 2.15. The third kappa shape index (κ3) is 5.89. The van der Waals surface area contributed by atoms with E-state index < -0.39 is 36.1 Å². The van der Waals surface area contributed by atoms with Crippen molar-refractivity contribution in [2.45, 2.75) is 18.9 Å². The lowest BCUT2D eigenvalue weighted by molar-refractivity contribution is -0.143. The number of carboxylic acid groups (broad SMARTS) is 1.